The van der Waals surface area contributed by atoms with E-state index in [0.717, 1.165) is 43.5 Å². The molecule has 0 atom stereocenters. The van der Waals surface area contributed by atoms with E-state index in [-0.39, 0.29) is 5.54 Å². The molecule has 0 radical (unpaired) electrons. The Labute approximate surface area is 158 Å². The first-order valence-corrected chi connectivity index (χ1v) is 9.47. The van der Waals surface area contributed by atoms with E-state index in [2.05, 4.69) is 53.8 Å². The van der Waals surface area contributed by atoms with Crippen LogP contribution in [0.1, 0.15) is 40.2 Å². The first kappa shape index (κ1) is 22.1. The van der Waals surface area contributed by atoms with Crippen molar-refractivity contribution in [3.63, 3.8) is 0 Å². The topological polar surface area (TPSA) is 66.9 Å². The maximum absolute atomic E-state index is 5.68. The number of hydrogen-bond donors (Lipinski definition) is 3. The lowest BCUT2D eigenvalue weighted by molar-refractivity contribution is 0.287. The van der Waals surface area contributed by atoms with Crippen molar-refractivity contribution < 1.29 is 9.47 Å². The fourth-order valence-electron chi connectivity index (χ4n) is 2.42. The van der Waals surface area contributed by atoms with Gasteiger partial charge in [-0.1, -0.05) is 6.07 Å². The highest BCUT2D eigenvalue weighted by Crippen LogP contribution is 2.28. The monoisotopic (exact) mass is 364 g/mol. The zero-order valence-corrected chi connectivity index (χ0v) is 17.2. The van der Waals surface area contributed by atoms with Gasteiger partial charge in [0, 0.05) is 32.2 Å². The highest BCUT2D eigenvalue weighted by atomic mass is 16.5. The van der Waals surface area contributed by atoms with Gasteiger partial charge >= 0.3 is 0 Å². The molecule has 26 heavy (non-hydrogen) atoms. The molecule has 0 saturated carbocycles. The lowest BCUT2D eigenvalue weighted by Gasteiger charge is -2.21. The molecular formula is C20H36N4O2. The van der Waals surface area contributed by atoms with E-state index in [1.54, 1.807) is 7.05 Å². The van der Waals surface area contributed by atoms with Crippen LogP contribution in [0.4, 0.5) is 0 Å². The van der Waals surface area contributed by atoms with Crippen molar-refractivity contribution in [2.45, 2.75) is 46.6 Å². The van der Waals surface area contributed by atoms with Gasteiger partial charge in [-0.05, 0) is 58.7 Å². The Bertz CT molecular complexity index is 553. The van der Waals surface area contributed by atoms with Gasteiger partial charge in [0.2, 0.25) is 0 Å². The first-order valence-electron chi connectivity index (χ1n) is 9.47. The summed E-state index contributed by atoms with van der Waals surface area (Å²) < 4.78 is 11.3. The van der Waals surface area contributed by atoms with Crippen molar-refractivity contribution in [1.82, 2.24) is 16.0 Å². The van der Waals surface area contributed by atoms with Gasteiger partial charge in [0.05, 0.1) is 13.2 Å². The Morgan fingerprint density at radius 1 is 0.962 bits per heavy atom. The minimum Gasteiger partial charge on any atom is -0.490 e. The molecule has 0 fully saturated rings. The van der Waals surface area contributed by atoms with Crippen molar-refractivity contribution in [3.8, 4) is 11.5 Å². The largest absolute Gasteiger partial charge is 0.490 e. The van der Waals surface area contributed by atoms with E-state index in [9.17, 15) is 0 Å². The van der Waals surface area contributed by atoms with Gasteiger partial charge in [0.1, 0.15) is 0 Å². The lowest BCUT2D eigenvalue weighted by atomic mass is 10.1. The molecule has 1 aromatic rings. The van der Waals surface area contributed by atoms with Crippen LogP contribution in [-0.4, -0.2) is 51.4 Å². The SMILES string of the molecule is CCOc1ccc(CCNC(=NC)NCCNC(C)(C)C)cc1OCC. The molecule has 0 aliphatic rings. The van der Waals surface area contributed by atoms with Crippen molar-refractivity contribution >= 4 is 5.96 Å². The minimum atomic E-state index is 0.130. The molecule has 1 rings (SSSR count). The molecular weight excluding hydrogens is 328 g/mol. The fourth-order valence-corrected chi connectivity index (χ4v) is 2.42. The summed E-state index contributed by atoms with van der Waals surface area (Å²) in [4.78, 5) is 4.26. The summed E-state index contributed by atoms with van der Waals surface area (Å²) >= 11 is 0. The number of aliphatic imine (C=N–C) groups is 1. The van der Waals surface area contributed by atoms with Gasteiger partial charge in [0.25, 0.3) is 0 Å². The number of hydrogen-bond acceptors (Lipinski definition) is 4. The third-order valence-electron chi connectivity index (χ3n) is 3.61. The smallest absolute Gasteiger partial charge is 0.191 e. The Kier molecular flexibility index (Phi) is 9.88. The molecule has 1 aromatic carbocycles. The number of guanidine groups is 1. The van der Waals surface area contributed by atoms with Crippen LogP contribution in [-0.2, 0) is 6.42 Å². The van der Waals surface area contributed by atoms with Crippen LogP contribution in [0.25, 0.3) is 0 Å². The van der Waals surface area contributed by atoms with Crippen LogP contribution in [0, 0.1) is 0 Å². The predicted molar refractivity (Wildman–Crippen MR) is 110 cm³/mol. The van der Waals surface area contributed by atoms with Gasteiger partial charge in [-0.3, -0.25) is 4.99 Å². The van der Waals surface area contributed by atoms with Gasteiger partial charge < -0.3 is 25.4 Å². The molecule has 0 spiro atoms. The average Bonchev–Trinajstić information content (AvgIpc) is 2.58. The Hall–Kier alpha value is -1.95. The summed E-state index contributed by atoms with van der Waals surface area (Å²) in [6.45, 7) is 14.2. The number of nitrogens with zero attached hydrogens (tertiary/aromatic N) is 1. The Morgan fingerprint density at radius 2 is 1.62 bits per heavy atom. The molecule has 0 saturated heterocycles. The summed E-state index contributed by atoms with van der Waals surface area (Å²) in [7, 11) is 1.79. The quantitative estimate of drug-likeness (QED) is 0.338. The van der Waals surface area contributed by atoms with Crippen LogP contribution in [0.2, 0.25) is 0 Å². The van der Waals surface area contributed by atoms with Crippen molar-refractivity contribution in [3.05, 3.63) is 23.8 Å². The van der Waals surface area contributed by atoms with E-state index in [0.29, 0.717) is 13.2 Å². The zero-order valence-electron chi connectivity index (χ0n) is 17.2. The third-order valence-corrected chi connectivity index (χ3v) is 3.61. The number of ether oxygens (including phenoxy) is 2. The maximum atomic E-state index is 5.68. The third kappa shape index (κ3) is 8.94. The predicted octanol–water partition coefficient (Wildman–Crippen LogP) is 2.58. The standard InChI is InChI=1S/C20H36N4O2/c1-7-25-17-10-9-16(15-18(17)26-8-2)11-12-22-19(21-6)23-13-14-24-20(3,4)5/h9-10,15,24H,7-8,11-14H2,1-6H3,(H2,21,22,23). The first-order chi connectivity index (χ1) is 12.4. The average molecular weight is 365 g/mol. The molecule has 6 nitrogen and oxygen atoms in total. The van der Waals surface area contributed by atoms with E-state index < -0.39 is 0 Å². The summed E-state index contributed by atoms with van der Waals surface area (Å²) in [5.74, 6) is 2.43. The van der Waals surface area contributed by atoms with Gasteiger partial charge in [-0.25, -0.2) is 0 Å². The van der Waals surface area contributed by atoms with Crippen LogP contribution < -0.4 is 25.4 Å². The molecule has 0 aromatic heterocycles. The lowest BCUT2D eigenvalue weighted by Crippen LogP contribution is -2.44. The summed E-state index contributed by atoms with van der Waals surface area (Å²) in [6, 6.07) is 6.12. The van der Waals surface area contributed by atoms with Crippen LogP contribution in [0.15, 0.2) is 23.2 Å². The molecule has 0 aliphatic carbocycles. The Balaban J connectivity index is 2.44. The second-order valence-corrected chi connectivity index (χ2v) is 7.00. The number of rotatable bonds is 10. The molecule has 148 valence electrons. The van der Waals surface area contributed by atoms with Crippen molar-refractivity contribution in [2.24, 2.45) is 4.99 Å². The van der Waals surface area contributed by atoms with Crippen molar-refractivity contribution in [2.75, 3.05) is 39.9 Å². The molecule has 0 heterocycles. The van der Waals surface area contributed by atoms with Crippen LogP contribution in [0.5, 0.6) is 11.5 Å². The van der Waals surface area contributed by atoms with Gasteiger partial charge in [-0.2, -0.15) is 0 Å². The van der Waals surface area contributed by atoms with Gasteiger partial charge in [0.15, 0.2) is 17.5 Å². The summed E-state index contributed by atoms with van der Waals surface area (Å²) in [5, 5.41) is 10.1. The zero-order chi connectivity index (χ0) is 19.4. The molecule has 0 bridgehead atoms. The molecule has 3 N–H and O–H groups in total. The molecule has 0 amide bonds. The van der Waals surface area contributed by atoms with Crippen molar-refractivity contribution in [1.29, 1.82) is 0 Å². The van der Waals surface area contributed by atoms with Crippen LogP contribution >= 0.6 is 0 Å². The van der Waals surface area contributed by atoms with E-state index in [1.165, 1.54) is 5.56 Å². The normalized spacial score (nSPS) is 12.0. The summed E-state index contributed by atoms with van der Waals surface area (Å²) in [5.41, 5.74) is 1.33. The minimum absolute atomic E-state index is 0.130. The second kappa shape index (κ2) is 11.6. The number of benzene rings is 1. The highest BCUT2D eigenvalue weighted by Gasteiger charge is 2.08. The summed E-state index contributed by atoms with van der Waals surface area (Å²) in [6.07, 6.45) is 0.882. The van der Waals surface area contributed by atoms with E-state index in [4.69, 9.17) is 9.47 Å². The fraction of sp³-hybridized carbons (Fsp3) is 0.650. The molecule has 0 aliphatic heterocycles. The maximum Gasteiger partial charge on any atom is 0.191 e. The van der Waals surface area contributed by atoms with E-state index in [1.807, 2.05) is 19.9 Å². The Morgan fingerprint density at radius 3 is 2.23 bits per heavy atom. The molecule has 6 heteroatoms. The molecule has 0 unspecified atom stereocenters. The number of nitrogens with one attached hydrogen (secondary N) is 3. The van der Waals surface area contributed by atoms with Gasteiger partial charge in [-0.15, -0.1) is 0 Å². The second-order valence-electron chi connectivity index (χ2n) is 7.00. The van der Waals surface area contributed by atoms with E-state index >= 15 is 0 Å². The van der Waals surface area contributed by atoms with Crippen LogP contribution in [0.3, 0.4) is 0 Å². The highest BCUT2D eigenvalue weighted by molar-refractivity contribution is 5.79.